The molecule has 0 bridgehead atoms. The zero-order valence-corrected chi connectivity index (χ0v) is 15.9. The maximum absolute atomic E-state index is 13.5. The van der Waals surface area contributed by atoms with Crippen LogP contribution in [0.2, 0.25) is 5.02 Å². The summed E-state index contributed by atoms with van der Waals surface area (Å²) in [7, 11) is -3.87. The first-order chi connectivity index (χ1) is 13.3. The average molecular weight is 433 g/mol. The smallest absolute Gasteiger partial charge is 0.349 e. The molecule has 2 fully saturated rings. The van der Waals surface area contributed by atoms with Crippen molar-refractivity contribution in [3.05, 3.63) is 67.7 Å². The highest BCUT2D eigenvalue weighted by Crippen LogP contribution is 2.57. The van der Waals surface area contributed by atoms with Crippen LogP contribution in [0.1, 0.15) is 18.2 Å². The van der Waals surface area contributed by atoms with Crippen molar-refractivity contribution < 1.29 is 27.3 Å². The SMILES string of the molecule is O=c1[nH]c(=O)n([C@H]2C[C@@H]3OP(=O)(OCc4ccccc4Cl)OC[C@H]3O2)cc1F. The van der Waals surface area contributed by atoms with Crippen molar-refractivity contribution in [3.8, 4) is 0 Å². The Bertz CT molecular complexity index is 1060. The summed E-state index contributed by atoms with van der Waals surface area (Å²) in [6, 6.07) is 6.90. The summed E-state index contributed by atoms with van der Waals surface area (Å²) in [6.45, 7) is -0.176. The molecular formula is C16H15ClFN2O7P. The molecule has 0 saturated carbocycles. The van der Waals surface area contributed by atoms with Gasteiger partial charge in [0.25, 0.3) is 5.56 Å². The van der Waals surface area contributed by atoms with E-state index < -0.39 is 43.3 Å². The van der Waals surface area contributed by atoms with Crippen LogP contribution in [0.15, 0.2) is 40.1 Å². The van der Waals surface area contributed by atoms with Gasteiger partial charge in [0, 0.05) is 11.4 Å². The van der Waals surface area contributed by atoms with E-state index in [1.54, 1.807) is 24.3 Å². The summed E-state index contributed by atoms with van der Waals surface area (Å²) in [5.74, 6) is -1.12. The Balaban J connectivity index is 1.45. The largest absolute Gasteiger partial charge is 0.475 e. The van der Waals surface area contributed by atoms with Gasteiger partial charge in [0.15, 0.2) is 0 Å². The highest BCUT2D eigenvalue weighted by Gasteiger charge is 2.48. The fourth-order valence-electron chi connectivity index (χ4n) is 3.00. The third kappa shape index (κ3) is 3.84. The summed E-state index contributed by atoms with van der Waals surface area (Å²) in [6.07, 6.45) is -1.38. The number of aromatic amines is 1. The molecule has 28 heavy (non-hydrogen) atoms. The first-order valence-corrected chi connectivity index (χ1v) is 10.2. The van der Waals surface area contributed by atoms with Gasteiger partial charge in [0.1, 0.15) is 18.4 Å². The predicted octanol–water partition coefficient (Wildman–Crippen LogP) is 2.36. The molecule has 0 aliphatic carbocycles. The summed E-state index contributed by atoms with van der Waals surface area (Å²) >= 11 is 6.04. The highest BCUT2D eigenvalue weighted by atomic mass is 35.5. The van der Waals surface area contributed by atoms with Crippen molar-refractivity contribution in [3.63, 3.8) is 0 Å². The van der Waals surface area contributed by atoms with Gasteiger partial charge < -0.3 is 4.74 Å². The summed E-state index contributed by atoms with van der Waals surface area (Å²) in [5, 5.41) is 0.452. The minimum atomic E-state index is -3.87. The molecule has 1 unspecified atom stereocenters. The van der Waals surface area contributed by atoms with Crippen LogP contribution in [0.3, 0.4) is 0 Å². The monoisotopic (exact) mass is 432 g/mol. The normalized spacial score (nSPS) is 29.6. The average Bonchev–Trinajstić information content (AvgIpc) is 3.06. The number of ether oxygens (including phenoxy) is 1. The fraction of sp³-hybridized carbons (Fsp3) is 0.375. The Morgan fingerprint density at radius 3 is 2.89 bits per heavy atom. The number of phosphoric ester groups is 1. The van der Waals surface area contributed by atoms with E-state index in [9.17, 15) is 18.5 Å². The van der Waals surface area contributed by atoms with Gasteiger partial charge in [-0.3, -0.25) is 27.9 Å². The first-order valence-electron chi connectivity index (χ1n) is 8.32. The van der Waals surface area contributed by atoms with E-state index in [0.717, 1.165) is 10.8 Å². The van der Waals surface area contributed by atoms with Crippen molar-refractivity contribution in [2.75, 3.05) is 6.61 Å². The van der Waals surface area contributed by atoms with Crippen LogP contribution in [0, 0.1) is 5.82 Å². The van der Waals surface area contributed by atoms with Gasteiger partial charge in [0.05, 0.1) is 19.4 Å². The number of benzene rings is 1. The molecule has 2 aliphatic heterocycles. The number of H-pyrrole nitrogens is 1. The third-order valence-corrected chi connectivity index (χ3v) is 6.22. The topological polar surface area (TPSA) is 109 Å². The number of hydrogen-bond donors (Lipinski definition) is 1. The van der Waals surface area contributed by atoms with Gasteiger partial charge in [0.2, 0.25) is 5.82 Å². The van der Waals surface area contributed by atoms with Crippen LogP contribution in [0.4, 0.5) is 4.39 Å². The molecule has 0 amide bonds. The lowest BCUT2D eigenvalue weighted by molar-refractivity contribution is -0.0731. The van der Waals surface area contributed by atoms with Gasteiger partial charge in [-0.25, -0.2) is 9.36 Å². The number of halogens is 2. The van der Waals surface area contributed by atoms with Crippen LogP contribution in [0.5, 0.6) is 0 Å². The molecule has 4 rings (SSSR count). The Labute approximate surface area is 162 Å². The van der Waals surface area contributed by atoms with E-state index in [1.807, 2.05) is 4.98 Å². The number of rotatable bonds is 4. The van der Waals surface area contributed by atoms with Crippen molar-refractivity contribution >= 4 is 19.4 Å². The zero-order chi connectivity index (χ0) is 19.9. The quantitative estimate of drug-likeness (QED) is 0.739. The lowest BCUT2D eigenvalue weighted by Gasteiger charge is -2.29. The molecule has 3 heterocycles. The summed E-state index contributed by atoms with van der Waals surface area (Å²) in [4.78, 5) is 24.9. The van der Waals surface area contributed by atoms with E-state index >= 15 is 0 Å². The van der Waals surface area contributed by atoms with Crippen LogP contribution in [-0.2, 0) is 29.5 Å². The number of hydrogen-bond acceptors (Lipinski definition) is 7. The third-order valence-electron chi connectivity index (χ3n) is 4.41. The van der Waals surface area contributed by atoms with Gasteiger partial charge in [-0.2, -0.15) is 4.39 Å². The number of aromatic nitrogens is 2. The van der Waals surface area contributed by atoms with E-state index in [0.29, 0.717) is 10.6 Å². The molecular weight excluding hydrogens is 418 g/mol. The van der Waals surface area contributed by atoms with Crippen LogP contribution in [0.25, 0.3) is 0 Å². The molecule has 1 aromatic heterocycles. The standard InChI is InChI=1S/C16H15ClFN2O7P/c17-10-4-2-1-3-9(10)7-24-28(23)25-8-13-12(27-28)5-14(26-13)20-6-11(18)15(21)19-16(20)22/h1-4,6,12-14H,5,7-8H2,(H,19,21,22)/t12-,13+,14+,28?/m0/s1. The van der Waals surface area contributed by atoms with Gasteiger partial charge in [-0.15, -0.1) is 0 Å². The minimum Gasteiger partial charge on any atom is -0.349 e. The Morgan fingerprint density at radius 2 is 2.11 bits per heavy atom. The maximum Gasteiger partial charge on any atom is 0.475 e. The zero-order valence-electron chi connectivity index (χ0n) is 14.2. The summed E-state index contributed by atoms with van der Waals surface area (Å²) in [5.41, 5.74) is -1.33. The molecule has 2 saturated heterocycles. The maximum atomic E-state index is 13.5. The van der Waals surface area contributed by atoms with Gasteiger partial charge in [-0.05, 0) is 11.6 Å². The van der Waals surface area contributed by atoms with Crippen molar-refractivity contribution in [1.29, 1.82) is 0 Å². The Hall–Kier alpha value is -1.81. The number of fused-ring (bicyclic) bond motifs is 1. The van der Waals surface area contributed by atoms with E-state index in [1.165, 1.54) is 0 Å². The predicted molar refractivity (Wildman–Crippen MR) is 94.5 cm³/mol. The molecule has 12 heteroatoms. The van der Waals surface area contributed by atoms with Gasteiger partial charge >= 0.3 is 13.5 Å². The van der Waals surface area contributed by atoms with Gasteiger partial charge in [-0.1, -0.05) is 29.8 Å². The fourth-order valence-corrected chi connectivity index (χ4v) is 4.57. The Kier molecular flexibility index (Phi) is 5.26. The molecule has 1 aromatic carbocycles. The second-order valence-corrected chi connectivity index (χ2v) is 8.29. The van der Waals surface area contributed by atoms with Crippen molar-refractivity contribution in [2.45, 2.75) is 31.5 Å². The van der Waals surface area contributed by atoms with Crippen LogP contribution >= 0.6 is 19.4 Å². The lowest BCUT2D eigenvalue weighted by Crippen LogP contribution is -2.34. The van der Waals surface area contributed by atoms with Crippen LogP contribution < -0.4 is 11.2 Å². The molecule has 1 N–H and O–H groups in total. The second-order valence-electron chi connectivity index (χ2n) is 6.26. The first kappa shape index (κ1) is 19.5. The minimum absolute atomic E-state index is 0.0801. The molecule has 0 spiro atoms. The molecule has 2 aromatic rings. The lowest BCUT2D eigenvalue weighted by atomic mass is 10.2. The molecule has 150 valence electrons. The van der Waals surface area contributed by atoms with Crippen LogP contribution in [-0.4, -0.2) is 28.4 Å². The Morgan fingerprint density at radius 1 is 1.32 bits per heavy atom. The van der Waals surface area contributed by atoms with E-state index in [4.69, 9.17) is 29.9 Å². The van der Waals surface area contributed by atoms with Crippen molar-refractivity contribution in [1.82, 2.24) is 9.55 Å². The number of nitrogens with zero attached hydrogens (tertiary/aromatic N) is 1. The van der Waals surface area contributed by atoms with Crippen molar-refractivity contribution in [2.24, 2.45) is 0 Å². The second kappa shape index (κ2) is 7.55. The number of nitrogens with one attached hydrogen (secondary N) is 1. The summed E-state index contributed by atoms with van der Waals surface area (Å²) < 4.78 is 48.8. The highest BCUT2D eigenvalue weighted by molar-refractivity contribution is 7.48. The number of phosphoric acid groups is 1. The van der Waals surface area contributed by atoms with E-state index in [2.05, 4.69) is 0 Å². The molecule has 4 atom stereocenters. The van der Waals surface area contributed by atoms with E-state index in [-0.39, 0.29) is 19.6 Å². The molecule has 0 radical (unpaired) electrons. The molecule has 2 aliphatic rings. The molecule has 9 nitrogen and oxygen atoms in total.